The molecule has 3 heteroatoms. The van der Waals surface area contributed by atoms with Gasteiger partial charge in [-0.15, -0.1) is 11.6 Å². The molecule has 2 nitrogen and oxygen atoms in total. The zero-order valence-electron chi connectivity index (χ0n) is 4.69. The standard InChI is InChI=1S/C5H10ClNO/c6-4-5(8)2-1-3-7/h1-4,7H2. The topological polar surface area (TPSA) is 43.1 Å². The van der Waals surface area contributed by atoms with Crippen LogP contribution in [0.3, 0.4) is 0 Å². The Morgan fingerprint density at radius 2 is 2.25 bits per heavy atom. The van der Waals surface area contributed by atoms with Gasteiger partial charge >= 0.3 is 0 Å². The van der Waals surface area contributed by atoms with Crippen LogP contribution in [0.4, 0.5) is 0 Å². The van der Waals surface area contributed by atoms with E-state index in [-0.39, 0.29) is 11.7 Å². The molecule has 0 aromatic heterocycles. The molecular formula is C5H10ClNO. The van der Waals surface area contributed by atoms with Crippen molar-refractivity contribution in [3.63, 3.8) is 0 Å². The highest BCUT2D eigenvalue weighted by Gasteiger charge is 1.95. The fourth-order valence-electron chi connectivity index (χ4n) is 0.366. The molecule has 0 atom stereocenters. The van der Waals surface area contributed by atoms with E-state index in [1.807, 2.05) is 0 Å². The van der Waals surface area contributed by atoms with Crippen molar-refractivity contribution < 1.29 is 4.79 Å². The molecule has 8 heavy (non-hydrogen) atoms. The van der Waals surface area contributed by atoms with Gasteiger partial charge in [-0.3, -0.25) is 4.79 Å². The number of alkyl halides is 1. The number of hydrogen-bond acceptors (Lipinski definition) is 2. The summed E-state index contributed by atoms with van der Waals surface area (Å²) in [6.45, 7) is 0.572. The maximum Gasteiger partial charge on any atom is 0.147 e. The van der Waals surface area contributed by atoms with Gasteiger partial charge in [0.05, 0.1) is 5.88 Å². The third kappa shape index (κ3) is 4.09. The molecule has 0 aliphatic rings. The Bertz CT molecular complexity index is 74.8. The number of rotatable bonds is 4. The Balaban J connectivity index is 2.99. The molecular weight excluding hydrogens is 126 g/mol. The maximum atomic E-state index is 10.4. The van der Waals surface area contributed by atoms with E-state index in [9.17, 15) is 4.79 Å². The second-order valence-electron chi connectivity index (χ2n) is 1.56. The molecule has 0 aromatic carbocycles. The largest absolute Gasteiger partial charge is 0.330 e. The monoisotopic (exact) mass is 135 g/mol. The second-order valence-corrected chi connectivity index (χ2v) is 1.83. The quantitative estimate of drug-likeness (QED) is 0.572. The van der Waals surface area contributed by atoms with Crippen molar-refractivity contribution in [2.75, 3.05) is 12.4 Å². The van der Waals surface area contributed by atoms with E-state index in [0.717, 1.165) is 6.42 Å². The fourth-order valence-corrected chi connectivity index (χ4v) is 0.500. The molecule has 0 fully saturated rings. The molecule has 0 saturated carbocycles. The average molecular weight is 136 g/mol. The van der Waals surface area contributed by atoms with E-state index < -0.39 is 0 Å². The summed E-state index contributed by atoms with van der Waals surface area (Å²) in [5.74, 6) is 0.206. The first-order valence-electron chi connectivity index (χ1n) is 2.59. The van der Waals surface area contributed by atoms with E-state index in [1.54, 1.807) is 0 Å². The Morgan fingerprint density at radius 3 is 2.62 bits per heavy atom. The average Bonchev–Trinajstić information content (AvgIpc) is 1.83. The van der Waals surface area contributed by atoms with Crippen LogP contribution >= 0.6 is 11.6 Å². The first-order valence-corrected chi connectivity index (χ1v) is 3.12. The van der Waals surface area contributed by atoms with Crippen LogP contribution in [-0.2, 0) is 4.79 Å². The highest BCUT2D eigenvalue weighted by Crippen LogP contribution is 1.89. The number of ketones is 1. The number of Topliss-reactive ketones (excluding diaryl/α,β-unsaturated/α-hetero) is 1. The van der Waals surface area contributed by atoms with Crippen molar-refractivity contribution in [1.82, 2.24) is 0 Å². The first kappa shape index (κ1) is 7.92. The van der Waals surface area contributed by atoms with Gasteiger partial charge < -0.3 is 5.73 Å². The summed E-state index contributed by atoms with van der Waals surface area (Å²) in [6, 6.07) is 0. The minimum absolute atomic E-state index is 0.0807. The predicted molar refractivity (Wildman–Crippen MR) is 34.0 cm³/mol. The summed E-state index contributed by atoms with van der Waals surface area (Å²) in [5.41, 5.74) is 5.14. The summed E-state index contributed by atoms with van der Waals surface area (Å²) in [4.78, 5) is 10.4. The van der Waals surface area contributed by atoms with Crippen LogP contribution in [0.25, 0.3) is 0 Å². The van der Waals surface area contributed by atoms with E-state index >= 15 is 0 Å². The van der Waals surface area contributed by atoms with Crippen LogP contribution in [-0.4, -0.2) is 18.2 Å². The lowest BCUT2D eigenvalue weighted by Gasteiger charge is -1.90. The first-order chi connectivity index (χ1) is 3.81. The van der Waals surface area contributed by atoms with Crippen LogP contribution < -0.4 is 5.73 Å². The van der Waals surface area contributed by atoms with Gasteiger partial charge in [0.2, 0.25) is 0 Å². The molecule has 0 aliphatic heterocycles. The third-order valence-electron chi connectivity index (χ3n) is 0.809. The van der Waals surface area contributed by atoms with Gasteiger partial charge in [-0.2, -0.15) is 0 Å². The number of hydrogen-bond donors (Lipinski definition) is 1. The molecule has 0 spiro atoms. The minimum Gasteiger partial charge on any atom is -0.330 e. The van der Waals surface area contributed by atoms with E-state index in [0.29, 0.717) is 13.0 Å². The summed E-state index contributed by atoms with van der Waals surface area (Å²) in [5, 5.41) is 0. The molecule has 0 rings (SSSR count). The maximum absolute atomic E-state index is 10.4. The van der Waals surface area contributed by atoms with Gasteiger partial charge in [-0.05, 0) is 13.0 Å². The van der Waals surface area contributed by atoms with Crippen LogP contribution in [0.15, 0.2) is 0 Å². The second kappa shape index (κ2) is 5.06. The highest BCUT2D eigenvalue weighted by atomic mass is 35.5. The van der Waals surface area contributed by atoms with Gasteiger partial charge in [-0.1, -0.05) is 0 Å². The Morgan fingerprint density at radius 1 is 1.62 bits per heavy atom. The van der Waals surface area contributed by atoms with Crippen molar-refractivity contribution in [2.24, 2.45) is 5.73 Å². The molecule has 2 N–H and O–H groups in total. The van der Waals surface area contributed by atoms with Crippen molar-refractivity contribution >= 4 is 17.4 Å². The molecule has 48 valence electrons. The minimum atomic E-state index is 0.0807. The molecule has 0 aromatic rings. The smallest absolute Gasteiger partial charge is 0.147 e. The molecule has 0 aliphatic carbocycles. The fraction of sp³-hybridized carbons (Fsp3) is 0.800. The Labute approximate surface area is 54.0 Å². The van der Waals surface area contributed by atoms with Gasteiger partial charge in [-0.25, -0.2) is 0 Å². The van der Waals surface area contributed by atoms with Crippen LogP contribution in [0.2, 0.25) is 0 Å². The predicted octanol–water partition coefficient (Wildman–Crippen LogP) is 0.533. The van der Waals surface area contributed by atoms with Crippen LogP contribution in [0, 0.1) is 0 Å². The van der Waals surface area contributed by atoms with Gasteiger partial charge in [0.1, 0.15) is 5.78 Å². The molecule has 0 saturated heterocycles. The van der Waals surface area contributed by atoms with Crippen molar-refractivity contribution in [2.45, 2.75) is 12.8 Å². The number of carbonyl (C=O) groups is 1. The van der Waals surface area contributed by atoms with Crippen molar-refractivity contribution in [1.29, 1.82) is 0 Å². The summed E-state index contributed by atoms with van der Waals surface area (Å²) < 4.78 is 0. The molecule has 0 unspecified atom stereocenters. The number of carbonyl (C=O) groups excluding carboxylic acids is 1. The lowest BCUT2D eigenvalue weighted by molar-refractivity contribution is -0.116. The summed E-state index contributed by atoms with van der Waals surface area (Å²) in [7, 11) is 0. The van der Waals surface area contributed by atoms with E-state index in [1.165, 1.54) is 0 Å². The Kier molecular flexibility index (Phi) is 5.01. The van der Waals surface area contributed by atoms with E-state index in [4.69, 9.17) is 17.3 Å². The van der Waals surface area contributed by atoms with Crippen LogP contribution in [0.1, 0.15) is 12.8 Å². The zero-order valence-corrected chi connectivity index (χ0v) is 5.45. The number of halogens is 1. The van der Waals surface area contributed by atoms with Gasteiger partial charge in [0.15, 0.2) is 0 Å². The highest BCUT2D eigenvalue weighted by molar-refractivity contribution is 6.27. The number of nitrogens with two attached hydrogens (primary N) is 1. The van der Waals surface area contributed by atoms with Crippen molar-refractivity contribution in [3.05, 3.63) is 0 Å². The van der Waals surface area contributed by atoms with Crippen LogP contribution in [0.5, 0.6) is 0 Å². The zero-order chi connectivity index (χ0) is 6.41. The third-order valence-corrected chi connectivity index (χ3v) is 1.11. The molecule has 0 radical (unpaired) electrons. The van der Waals surface area contributed by atoms with Gasteiger partial charge in [0, 0.05) is 6.42 Å². The lowest BCUT2D eigenvalue weighted by Crippen LogP contribution is -2.04. The lowest BCUT2D eigenvalue weighted by atomic mass is 10.2. The SMILES string of the molecule is NCCCC(=O)CCl. The Hall–Kier alpha value is -0.0800. The molecule has 0 heterocycles. The molecule has 0 bridgehead atoms. The van der Waals surface area contributed by atoms with Crippen molar-refractivity contribution in [3.8, 4) is 0 Å². The van der Waals surface area contributed by atoms with E-state index in [2.05, 4.69) is 0 Å². The molecule has 0 amide bonds. The van der Waals surface area contributed by atoms with Gasteiger partial charge in [0.25, 0.3) is 0 Å². The summed E-state index contributed by atoms with van der Waals surface area (Å²) in [6.07, 6.45) is 1.28. The normalized spacial score (nSPS) is 9.25. The summed E-state index contributed by atoms with van der Waals surface area (Å²) >= 11 is 5.20.